The molecule has 3 atom stereocenters. The molecule has 1 aromatic rings. The van der Waals surface area contributed by atoms with E-state index in [9.17, 15) is 9.59 Å². The summed E-state index contributed by atoms with van der Waals surface area (Å²) in [6.07, 6.45) is 1.10. The number of rotatable bonds is 3. The van der Waals surface area contributed by atoms with Gasteiger partial charge in [0, 0.05) is 0 Å². The molecule has 1 aliphatic carbocycles. The molecule has 0 aliphatic heterocycles. The van der Waals surface area contributed by atoms with Crippen molar-refractivity contribution >= 4 is 29.3 Å². The summed E-state index contributed by atoms with van der Waals surface area (Å²) in [7, 11) is 0. The van der Waals surface area contributed by atoms with E-state index in [1.54, 1.807) is 0 Å². The Hall–Kier alpha value is -1.69. The lowest BCUT2D eigenvalue weighted by Gasteiger charge is -2.14. The van der Waals surface area contributed by atoms with Crippen molar-refractivity contribution in [2.24, 2.45) is 17.8 Å². The van der Waals surface area contributed by atoms with Gasteiger partial charge in [0.2, 0.25) is 5.91 Å². The van der Waals surface area contributed by atoms with Gasteiger partial charge in [-0.05, 0) is 30.9 Å². The Kier molecular flexibility index (Phi) is 3.99. The fourth-order valence-electron chi connectivity index (χ4n) is 2.46. The summed E-state index contributed by atoms with van der Waals surface area (Å²) in [5.41, 5.74) is 0. The summed E-state index contributed by atoms with van der Waals surface area (Å²) in [6.45, 7) is 1.95. The molecule has 2 rings (SSSR count). The Morgan fingerprint density at radius 1 is 1.32 bits per heavy atom. The molecule has 19 heavy (non-hydrogen) atoms. The number of carbonyl (C=O) groups is 2. The molecular formula is C12H14ClN3O3. The average Bonchev–Trinajstić information content (AvgIpc) is 2.74. The Bertz CT molecular complexity index is 491. The second kappa shape index (κ2) is 5.52. The molecule has 1 saturated carbocycles. The van der Waals surface area contributed by atoms with Crippen molar-refractivity contribution in [2.45, 2.75) is 19.8 Å². The molecule has 1 heterocycles. The third-order valence-corrected chi connectivity index (χ3v) is 3.54. The standard InChI is InChI=1S/C12H14ClN3O3/c1-6-4-7(8(5-6)12(18)19)11(17)14-10-3-2-9(13)15-16-10/h2-3,6-8H,4-5H2,1H3,(H,18,19)(H,14,16,17). The molecule has 0 bridgehead atoms. The fraction of sp³-hybridized carbons (Fsp3) is 0.500. The Morgan fingerprint density at radius 2 is 2.00 bits per heavy atom. The van der Waals surface area contributed by atoms with Crippen LogP contribution in [0.15, 0.2) is 12.1 Å². The predicted molar refractivity (Wildman–Crippen MR) is 68.7 cm³/mol. The van der Waals surface area contributed by atoms with Crippen LogP contribution in [0.3, 0.4) is 0 Å². The van der Waals surface area contributed by atoms with Gasteiger partial charge in [0.15, 0.2) is 11.0 Å². The Labute approximate surface area is 115 Å². The number of aliphatic carboxylic acids is 1. The van der Waals surface area contributed by atoms with Crippen molar-refractivity contribution in [3.8, 4) is 0 Å². The highest BCUT2D eigenvalue weighted by atomic mass is 35.5. The van der Waals surface area contributed by atoms with Gasteiger partial charge in [-0.2, -0.15) is 0 Å². The van der Waals surface area contributed by atoms with E-state index in [2.05, 4.69) is 15.5 Å². The van der Waals surface area contributed by atoms with E-state index in [0.29, 0.717) is 12.8 Å². The summed E-state index contributed by atoms with van der Waals surface area (Å²) in [5.74, 6) is -1.90. The predicted octanol–water partition coefficient (Wildman–Crippen LogP) is 1.82. The summed E-state index contributed by atoms with van der Waals surface area (Å²) in [4.78, 5) is 23.2. The number of aromatic nitrogens is 2. The van der Waals surface area contributed by atoms with Crippen molar-refractivity contribution in [1.29, 1.82) is 0 Å². The van der Waals surface area contributed by atoms with Crippen LogP contribution >= 0.6 is 11.6 Å². The quantitative estimate of drug-likeness (QED) is 0.883. The first-order valence-electron chi connectivity index (χ1n) is 6.00. The first-order valence-corrected chi connectivity index (χ1v) is 6.38. The molecule has 6 nitrogen and oxygen atoms in total. The second-order valence-corrected chi connectivity index (χ2v) is 5.25. The van der Waals surface area contributed by atoms with Crippen LogP contribution in [0.25, 0.3) is 0 Å². The van der Waals surface area contributed by atoms with Gasteiger partial charge in [0.05, 0.1) is 11.8 Å². The van der Waals surface area contributed by atoms with Crippen LogP contribution in [0, 0.1) is 17.8 Å². The van der Waals surface area contributed by atoms with Crippen molar-refractivity contribution in [1.82, 2.24) is 10.2 Å². The molecule has 7 heteroatoms. The topological polar surface area (TPSA) is 92.2 Å². The van der Waals surface area contributed by atoms with E-state index in [4.69, 9.17) is 16.7 Å². The number of halogens is 1. The van der Waals surface area contributed by atoms with Gasteiger partial charge in [0.25, 0.3) is 0 Å². The molecule has 1 aromatic heterocycles. The van der Waals surface area contributed by atoms with Crippen LogP contribution in [-0.4, -0.2) is 27.2 Å². The number of hydrogen-bond donors (Lipinski definition) is 2. The maximum Gasteiger partial charge on any atom is 0.307 e. The number of nitrogens with zero attached hydrogens (tertiary/aromatic N) is 2. The minimum absolute atomic E-state index is 0.230. The van der Waals surface area contributed by atoms with Gasteiger partial charge in [-0.1, -0.05) is 18.5 Å². The van der Waals surface area contributed by atoms with Gasteiger partial charge in [-0.3, -0.25) is 9.59 Å². The van der Waals surface area contributed by atoms with Crippen LogP contribution in [0.4, 0.5) is 5.82 Å². The van der Waals surface area contributed by atoms with Crippen molar-refractivity contribution in [2.75, 3.05) is 5.32 Å². The molecule has 0 aromatic carbocycles. The molecule has 1 amide bonds. The van der Waals surface area contributed by atoms with E-state index >= 15 is 0 Å². The highest BCUT2D eigenvalue weighted by molar-refractivity contribution is 6.29. The Balaban J connectivity index is 2.06. The first kappa shape index (κ1) is 13.7. The minimum atomic E-state index is -0.924. The largest absolute Gasteiger partial charge is 0.481 e. The number of nitrogens with one attached hydrogen (secondary N) is 1. The maximum atomic E-state index is 12.1. The zero-order chi connectivity index (χ0) is 14.0. The van der Waals surface area contributed by atoms with Gasteiger partial charge < -0.3 is 10.4 Å². The Morgan fingerprint density at radius 3 is 2.58 bits per heavy atom. The zero-order valence-electron chi connectivity index (χ0n) is 10.3. The average molecular weight is 284 g/mol. The fourth-order valence-corrected chi connectivity index (χ4v) is 2.56. The highest BCUT2D eigenvalue weighted by Crippen LogP contribution is 2.37. The van der Waals surface area contributed by atoms with Crippen LogP contribution < -0.4 is 5.32 Å². The lowest BCUT2D eigenvalue weighted by Crippen LogP contribution is -2.30. The molecule has 2 N–H and O–H groups in total. The van der Waals surface area contributed by atoms with E-state index in [0.717, 1.165) is 0 Å². The number of hydrogen-bond acceptors (Lipinski definition) is 4. The van der Waals surface area contributed by atoms with Crippen LogP contribution in [0.5, 0.6) is 0 Å². The zero-order valence-corrected chi connectivity index (χ0v) is 11.1. The minimum Gasteiger partial charge on any atom is -0.481 e. The van der Waals surface area contributed by atoms with Crippen molar-refractivity contribution in [3.05, 3.63) is 17.3 Å². The molecule has 102 valence electrons. The van der Waals surface area contributed by atoms with E-state index in [1.165, 1.54) is 12.1 Å². The number of carboxylic acid groups (broad SMARTS) is 1. The third-order valence-electron chi connectivity index (χ3n) is 3.34. The van der Waals surface area contributed by atoms with Crippen molar-refractivity contribution < 1.29 is 14.7 Å². The van der Waals surface area contributed by atoms with Gasteiger partial charge in [0.1, 0.15) is 0 Å². The molecule has 1 aliphatic rings. The number of carbonyl (C=O) groups excluding carboxylic acids is 1. The first-order chi connectivity index (χ1) is 8.97. The van der Waals surface area contributed by atoms with Gasteiger partial charge in [-0.25, -0.2) is 0 Å². The van der Waals surface area contributed by atoms with Crippen molar-refractivity contribution in [3.63, 3.8) is 0 Å². The molecule has 1 fully saturated rings. The normalized spacial score (nSPS) is 26.1. The lowest BCUT2D eigenvalue weighted by atomic mass is 9.95. The van der Waals surface area contributed by atoms with Crippen LogP contribution in [0.1, 0.15) is 19.8 Å². The number of anilines is 1. The molecule has 0 saturated heterocycles. The number of amides is 1. The molecule has 3 unspecified atom stereocenters. The molecule has 0 radical (unpaired) electrons. The monoisotopic (exact) mass is 283 g/mol. The summed E-state index contributed by atoms with van der Waals surface area (Å²) < 4.78 is 0. The van der Waals surface area contributed by atoms with Crippen LogP contribution in [-0.2, 0) is 9.59 Å². The SMILES string of the molecule is CC1CC(C(=O)O)C(C(=O)Nc2ccc(Cl)nn2)C1. The lowest BCUT2D eigenvalue weighted by molar-refractivity contribution is -0.145. The second-order valence-electron chi connectivity index (χ2n) is 4.86. The summed E-state index contributed by atoms with van der Waals surface area (Å²) in [5, 5.41) is 19.3. The molecular weight excluding hydrogens is 270 g/mol. The summed E-state index contributed by atoms with van der Waals surface area (Å²) in [6, 6.07) is 3.04. The van der Waals surface area contributed by atoms with Gasteiger partial charge >= 0.3 is 5.97 Å². The highest BCUT2D eigenvalue weighted by Gasteiger charge is 2.41. The molecule has 0 spiro atoms. The van der Waals surface area contributed by atoms with Crippen LogP contribution in [0.2, 0.25) is 5.15 Å². The van der Waals surface area contributed by atoms with E-state index < -0.39 is 17.8 Å². The third kappa shape index (κ3) is 3.20. The van der Waals surface area contributed by atoms with E-state index in [-0.39, 0.29) is 22.8 Å². The van der Waals surface area contributed by atoms with Gasteiger partial charge in [-0.15, -0.1) is 10.2 Å². The number of carboxylic acids is 1. The maximum absolute atomic E-state index is 12.1. The smallest absolute Gasteiger partial charge is 0.307 e. The summed E-state index contributed by atoms with van der Waals surface area (Å²) >= 11 is 5.60. The van der Waals surface area contributed by atoms with E-state index in [1.807, 2.05) is 6.92 Å².